The van der Waals surface area contributed by atoms with Crippen molar-refractivity contribution in [3.8, 4) is 0 Å². The average molecular weight is 576 g/mol. The number of hydrogen-bond donors (Lipinski definition) is 5. The number of esters is 1. The number of rotatable bonds is 12. The van der Waals surface area contributed by atoms with Gasteiger partial charge >= 0.3 is 5.97 Å². The molecule has 0 saturated heterocycles. The van der Waals surface area contributed by atoms with E-state index in [0.29, 0.717) is 29.9 Å². The summed E-state index contributed by atoms with van der Waals surface area (Å²) in [7, 11) is 0. The van der Waals surface area contributed by atoms with Crippen LogP contribution in [0.2, 0.25) is 0 Å². The van der Waals surface area contributed by atoms with Crippen molar-refractivity contribution in [3.05, 3.63) is 89.1 Å². The third-order valence-electron chi connectivity index (χ3n) is 6.57. The van der Waals surface area contributed by atoms with Gasteiger partial charge in [0.1, 0.15) is 17.8 Å². The number of anilines is 2. The minimum absolute atomic E-state index is 0.0271. The molecule has 2 atom stereocenters. The molecule has 0 radical (unpaired) electrons. The van der Waals surface area contributed by atoms with E-state index in [1.165, 1.54) is 18.3 Å². The van der Waals surface area contributed by atoms with Crippen LogP contribution in [0.25, 0.3) is 0 Å². The van der Waals surface area contributed by atoms with Crippen LogP contribution in [0.5, 0.6) is 0 Å². The summed E-state index contributed by atoms with van der Waals surface area (Å²) in [5, 5.41) is 34.1. The van der Waals surface area contributed by atoms with Gasteiger partial charge in [-0.05, 0) is 36.4 Å². The lowest BCUT2D eigenvalue weighted by molar-refractivity contribution is -0.156. The first-order valence-corrected chi connectivity index (χ1v) is 13.5. The molecule has 0 spiro atoms. The van der Waals surface area contributed by atoms with Crippen molar-refractivity contribution in [3.63, 3.8) is 0 Å². The van der Waals surface area contributed by atoms with Gasteiger partial charge in [0.2, 0.25) is 0 Å². The van der Waals surface area contributed by atoms with Crippen LogP contribution in [-0.2, 0) is 9.53 Å². The monoisotopic (exact) mass is 575 g/mol. The summed E-state index contributed by atoms with van der Waals surface area (Å²) in [6.07, 6.45) is -1.03. The lowest BCUT2D eigenvalue weighted by Gasteiger charge is -2.22. The number of amides is 2. The van der Waals surface area contributed by atoms with Gasteiger partial charge in [-0.2, -0.15) is 0 Å². The van der Waals surface area contributed by atoms with Gasteiger partial charge in [-0.1, -0.05) is 31.2 Å². The maximum absolute atomic E-state index is 13.1. The molecule has 4 rings (SSSR count). The molecule has 0 fully saturated rings. The van der Waals surface area contributed by atoms with Crippen LogP contribution in [0.15, 0.2) is 71.9 Å². The number of pyridine rings is 1. The highest BCUT2D eigenvalue weighted by Crippen LogP contribution is 2.24. The summed E-state index contributed by atoms with van der Waals surface area (Å²) in [6.45, 7) is 2.89. The lowest BCUT2D eigenvalue weighted by Crippen LogP contribution is -2.31. The first-order valence-electron chi connectivity index (χ1n) is 13.5. The van der Waals surface area contributed by atoms with E-state index in [-0.39, 0.29) is 24.4 Å². The number of amidine groups is 1. The highest BCUT2D eigenvalue weighted by molar-refractivity contribution is 6.12. The number of hydrogen-bond acceptors (Lipinski definition) is 10. The molecule has 5 N–H and O–H groups in total. The van der Waals surface area contributed by atoms with Crippen molar-refractivity contribution in [2.45, 2.75) is 25.6 Å². The van der Waals surface area contributed by atoms with Crippen molar-refractivity contribution < 1.29 is 34.4 Å². The summed E-state index contributed by atoms with van der Waals surface area (Å²) < 4.78 is 5.23. The topological polar surface area (TPSA) is 174 Å². The van der Waals surface area contributed by atoms with Crippen molar-refractivity contribution in [2.75, 3.05) is 43.5 Å². The van der Waals surface area contributed by atoms with Crippen LogP contribution in [0.4, 0.5) is 11.5 Å². The average Bonchev–Trinajstić information content (AvgIpc) is 3.48. The zero-order chi connectivity index (χ0) is 30.1. The minimum Gasteiger partial charge on any atom is -0.455 e. The van der Waals surface area contributed by atoms with E-state index >= 15 is 0 Å². The maximum atomic E-state index is 13.1. The molecule has 2 heterocycles. The largest absolute Gasteiger partial charge is 0.455 e. The fourth-order valence-electron chi connectivity index (χ4n) is 4.37. The molecule has 0 bridgehead atoms. The highest BCUT2D eigenvalue weighted by atomic mass is 16.6. The fraction of sp³-hybridized carbons (Fsp3) is 0.300. The Morgan fingerprint density at radius 3 is 2.43 bits per heavy atom. The van der Waals surface area contributed by atoms with Gasteiger partial charge in [0, 0.05) is 42.4 Å². The molecule has 2 amide bonds. The number of aliphatic hydroxyl groups is 3. The summed E-state index contributed by atoms with van der Waals surface area (Å²) in [4.78, 5) is 48.5. The third kappa shape index (κ3) is 7.35. The zero-order valence-electron chi connectivity index (χ0n) is 23.1. The summed E-state index contributed by atoms with van der Waals surface area (Å²) in [6, 6.07) is 16.5. The standard InChI is InChI=1S/C30H33N5O7/c1-2-26(39)42-27(24(38)18-37)21-11-12-25(32-17-21)34-30(41)22-5-3-4-6-23(22)33-29(40)20-9-7-19(8-10-20)28-31-13-14-35(28)15-16-36/h3-12,17,24,27,36-38H,2,13-16,18H2,1H3,(H,33,40)(H,32,34,41). The number of benzene rings is 2. The second kappa shape index (κ2) is 14.3. The molecular weight excluding hydrogens is 542 g/mol. The van der Waals surface area contributed by atoms with E-state index in [2.05, 4.69) is 20.6 Å². The van der Waals surface area contributed by atoms with Crippen molar-refractivity contribution in [2.24, 2.45) is 4.99 Å². The number of aromatic nitrogens is 1. The Morgan fingerprint density at radius 1 is 1.00 bits per heavy atom. The van der Waals surface area contributed by atoms with Gasteiger partial charge in [0.05, 0.1) is 31.0 Å². The molecule has 3 aromatic rings. The van der Waals surface area contributed by atoms with E-state index in [4.69, 9.17) is 4.74 Å². The summed E-state index contributed by atoms with van der Waals surface area (Å²) in [5.74, 6) is -0.507. The Bertz CT molecular complexity index is 1430. The minimum atomic E-state index is -1.34. The van der Waals surface area contributed by atoms with Crippen LogP contribution >= 0.6 is 0 Å². The molecule has 12 nitrogen and oxygen atoms in total. The van der Waals surface area contributed by atoms with E-state index in [1.54, 1.807) is 55.5 Å². The number of aliphatic hydroxyl groups excluding tert-OH is 3. The Balaban J connectivity index is 1.43. The number of aliphatic imine (C=N–C) groups is 1. The molecule has 0 saturated carbocycles. The number of carbonyl (C=O) groups excluding carboxylic acids is 3. The fourth-order valence-corrected chi connectivity index (χ4v) is 4.37. The normalized spacial score (nSPS) is 14.1. The number of β-amino-alcohol motifs (C(OH)–C–C–N with tert-alkyl or cyclic N) is 1. The lowest BCUT2D eigenvalue weighted by atomic mass is 10.1. The van der Waals surface area contributed by atoms with E-state index < -0.39 is 36.6 Å². The Labute approximate surface area is 242 Å². The molecule has 12 heteroatoms. The predicted molar refractivity (Wildman–Crippen MR) is 155 cm³/mol. The number of ether oxygens (including phenoxy) is 1. The summed E-state index contributed by atoms with van der Waals surface area (Å²) in [5.41, 5.74) is 2.08. The molecular formula is C30H33N5O7. The van der Waals surface area contributed by atoms with Crippen molar-refractivity contribution in [1.29, 1.82) is 0 Å². The molecule has 42 heavy (non-hydrogen) atoms. The van der Waals surface area contributed by atoms with Gasteiger partial charge in [0.15, 0.2) is 6.10 Å². The number of nitrogens with zero attached hydrogens (tertiary/aromatic N) is 3. The van der Waals surface area contributed by atoms with Gasteiger partial charge < -0.3 is 35.6 Å². The number of para-hydroxylation sites is 1. The molecule has 0 aliphatic carbocycles. The van der Waals surface area contributed by atoms with Gasteiger partial charge in [-0.15, -0.1) is 0 Å². The first-order chi connectivity index (χ1) is 20.3. The number of nitrogens with one attached hydrogen (secondary N) is 2. The maximum Gasteiger partial charge on any atom is 0.306 e. The van der Waals surface area contributed by atoms with E-state index in [0.717, 1.165) is 17.9 Å². The molecule has 1 aliphatic heterocycles. The molecule has 1 aliphatic rings. The Hall–Kier alpha value is -4.65. The van der Waals surface area contributed by atoms with Crippen LogP contribution in [0.3, 0.4) is 0 Å². The van der Waals surface area contributed by atoms with Crippen LogP contribution in [-0.4, -0.2) is 87.8 Å². The molecule has 220 valence electrons. The molecule has 2 aromatic carbocycles. The highest BCUT2D eigenvalue weighted by Gasteiger charge is 2.25. The van der Waals surface area contributed by atoms with Crippen LogP contribution < -0.4 is 10.6 Å². The number of carbonyl (C=O) groups is 3. The molecule has 1 aromatic heterocycles. The third-order valence-corrected chi connectivity index (χ3v) is 6.57. The van der Waals surface area contributed by atoms with Gasteiger partial charge in [-0.25, -0.2) is 4.98 Å². The predicted octanol–water partition coefficient (Wildman–Crippen LogP) is 1.99. The van der Waals surface area contributed by atoms with Gasteiger partial charge in [0.25, 0.3) is 11.8 Å². The second-order valence-corrected chi connectivity index (χ2v) is 9.44. The van der Waals surface area contributed by atoms with E-state index in [1.807, 2.05) is 4.90 Å². The Kier molecular flexibility index (Phi) is 10.3. The smallest absolute Gasteiger partial charge is 0.306 e. The first kappa shape index (κ1) is 30.3. The summed E-state index contributed by atoms with van der Waals surface area (Å²) >= 11 is 0. The second-order valence-electron chi connectivity index (χ2n) is 9.44. The zero-order valence-corrected chi connectivity index (χ0v) is 23.1. The van der Waals surface area contributed by atoms with E-state index in [9.17, 15) is 29.7 Å². The van der Waals surface area contributed by atoms with Gasteiger partial charge in [-0.3, -0.25) is 19.4 Å². The SMILES string of the molecule is CCC(=O)OC(c1ccc(NC(=O)c2ccccc2NC(=O)c2ccc(C3=NCCN3CCO)cc2)nc1)C(O)CO. The Morgan fingerprint density at radius 2 is 1.76 bits per heavy atom. The van der Waals surface area contributed by atoms with Crippen molar-refractivity contribution in [1.82, 2.24) is 9.88 Å². The van der Waals surface area contributed by atoms with Crippen LogP contribution in [0.1, 0.15) is 51.3 Å². The van der Waals surface area contributed by atoms with Crippen LogP contribution in [0, 0.1) is 0 Å². The van der Waals surface area contributed by atoms with Crippen molar-refractivity contribution >= 4 is 35.1 Å². The quantitative estimate of drug-likeness (QED) is 0.202. The molecule has 2 unspecified atom stereocenters.